The molecule has 112 valence electrons. The fraction of sp³-hybridized carbons (Fsp3) is 0.929. The van der Waals surface area contributed by atoms with Crippen molar-refractivity contribution in [3.8, 4) is 0 Å². The number of nitrogens with zero attached hydrogens (tertiary/aromatic N) is 1. The Morgan fingerprint density at radius 3 is 2.53 bits per heavy atom. The molecule has 2 aliphatic rings. The summed E-state index contributed by atoms with van der Waals surface area (Å²) in [6.45, 7) is 2.15. The van der Waals surface area contributed by atoms with Crippen LogP contribution >= 0.6 is 12.4 Å². The number of carbonyl (C=O) groups is 1. The lowest BCUT2D eigenvalue weighted by molar-refractivity contribution is -0.137. The van der Waals surface area contributed by atoms with E-state index in [0.717, 1.165) is 38.2 Å². The van der Waals surface area contributed by atoms with Gasteiger partial charge in [0.2, 0.25) is 5.91 Å². The van der Waals surface area contributed by atoms with Gasteiger partial charge in [-0.15, -0.1) is 12.4 Å². The Kier molecular flexibility index (Phi) is 6.57. The van der Waals surface area contributed by atoms with Crippen LogP contribution in [0.5, 0.6) is 0 Å². The highest BCUT2D eigenvalue weighted by molar-refractivity contribution is 5.86. The molecule has 0 spiro atoms. The van der Waals surface area contributed by atoms with Crippen molar-refractivity contribution in [3.63, 3.8) is 0 Å². The summed E-state index contributed by atoms with van der Waals surface area (Å²) in [5, 5.41) is 0. The van der Waals surface area contributed by atoms with Crippen LogP contribution in [-0.2, 0) is 9.53 Å². The lowest BCUT2D eigenvalue weighted by Gasteiger charge is -2.35. The molecular formula is C14H27ClN2O2. The largest absolute Gasteiger partial charge is 0.379 e. The average molecular weight is 291 g/mol. The second-order valence-corrected chi connectivity index (χ2v) is 5.96. The topological polar surface area (TPSA) is 55.6 Å². The summed E-state index contributed by atoms with van der Waals surface area (Å²) < 4.78 is 5.56. The van der Waals surface area contributed by atoms with E-state index < -0.39 is 5.54 Å². The lowest BCUT2D eigenvalue weighted by Crippen LogP contribution is -2.55. The number of carbonyl (C=O) groups excluding carboxylic acids is 1. The molecule has 1 amide bonds. The Bertz CT molecular complexity index is 289. The quantitative estimate of drug-likeness (QED) is 0.761. The van der Waals surface area contributed by atoms with E-state index in [0.29, 0.717) is 13.2 Å². The molecule has 2 fully saturated rings. The molecule has 19 heavy (non-hydrogen) atoms. The van der Waals surface area contributed by atoms with E-state index in [4.69, 9.17) is 10.5 Å². The van der Waals surface area contributed by atoms with Crippen LogP contribution in [0.4, 0.5) is 0 Å². The van der Waals surface area contributed by atoms with Crippen molar-refractivity contribution in [2.75, 3.05) is 26.8 Å². The fourth-order valence-electron chi connectivity index (χ4n) is 2.61. The van der Waals surface area contributed by atoms with Gasteiger partial charge in [-0.25, -0.2) is 0 Å². The van der Waals surface area contributed by atoms with Crippen LogP contribution in [-0.4, -0.2) is 43.2 Å². The Hall–Kier alpha value is -0.320. The van der Waals surface area contributed by atoms with Crippen molar-refractivity contribution in [2.24, 2.45) is 11.7 Å². The van der Waals surface area contributed by atoms with Crippen molar-refractivity contribution < 1.29 is 9.53 Å². The highest BCUT2D eigenvalue weighted by Crippen LogP contribution is 2.29. The maximum atomic E-state index is 12.3. The summed E-state index contributed by atoms with van der Waals surface area (Å²) in [6.07, 6.45) is 7.64. The van der Waals surface area contributed by atoms with Crippen LogP contribution in [0.2, 0.25) is 0 Å². The summed E-state index contributed by atoms with van der Waals surface area (Å²) in [7, 11) is 1.84. The molecule has 2 saturated carbocycles. The average Bonchev–Trinajstić information content (AvgIpc) is 3.18. The molecule has 0 aliphatic heterocycles. The van der Waals surface area contributed by atoms with Gasteiger partial charge in [0.15, 0.2) is 0 Å². The molecule has 0 unspecified atom stereocenters. The molecule has 5 heteroatoms. The molecule has 2 aliphatic carbocycles. The number of ether oxygens (including phenoxy) is 1. The summed E-state index contributed by atoms with van der Waals surface area (Å²) in [4.78, 5) is 14.1. The first-order valence-electron chi connectivity index (χ1n) is 7.24. The smallest absolute Gasteiger partial charge is 0.242 e. The van der Waals surface area contributed by atoms with Gasteiger partial charge in [0, 0.05) is 20.2 Å². The number of hydrogen-bond acceptors (Lipinski definition) is 3. The third-order valence-corrected chi connectivity index (χ3v) is 4.14. The number of rotatable bonds is 6. The summed E-state index contributed by atoms with van der Waals surface area (Å²) in [6, 6.07) is 0. The van der Waals surface area contributed by atoms with Gasteiger partial charge in [-0.1, -0.05) is 19.3 Å². The van der Waals surface area contributed by atoms with Crippen molar-refractivity contribution >= 4 is 18.3 Å². The Balaban J connectivity index is 0.00000180. The Labute approximate surface area is 122 Å². The Morgan fingerprint density at radius 1 is 1.32 bits per heavy atom. The monoisotopic (exact) mass is 290 g/mol. The molecule has 4 nitrogen and oxygen atoms in total. The Morgan fingerprint density at radius 2 is 1.95 bits per heavy atom. The van der Waals surface area contributed by atoms with Crippen LogP contribution in [0.25, 0.3) is 0 Å². The maximum absolute atomic E-state index is 12.3. The van der Waals surface area contributed by atoms with Crippen LogP contribution in [0.3, 0.4) is 0 Å². The summed E-state index contributed by atoms with van der Waals surface area (Å²) in [5.41, 5.74) is 5.63. The standard InChI is InChI=1S/C14H26N2O2.ClH/c1-16(9-10-18-11-12-5-6-12)13(17)14(15)7-3-2-4-8-14;/h12H,2-11,15H2,1H3;1H. The molecule has 0 radical (unpaired) electrons. The zero-order valence-corrected chi connectivity index (χ0v) is 12.7. The second kappa shape index (κ2) is 7.46. The summed E-state index contributed by atoms with van der Waals surface area (Å²) >= 11 is 0. The molecule has 0 bridgehead atoms. The first kappa shape index (κ1) is 16.7. The van der Waals surface area contributed by atoms with E-state index in [1.165, 1.54) is 19.3 Å². The van der Waals surface area contributed by atoms with Crippen molar-refractivity contribution in [2.45, 2.75) is 50.5 Å². The molecular weight excluding hydrogens is 264 g/mol. The third-order valence-electron chi connectivity index (χ3n) is 4.14. The van der Waals surface area contributed by atoms with Gasteiger partial charge in [0.05, 0.1) is 12.1 Å². The number of amides is 1. The predicted octanol–water partition coefficient (Wildman–Crippen LogP) is 1.95. The highest BCUT2D eigenvalue weighted by atomic mass is 35.5. The molecule has 0 heterocycles. The van der Waals surface area contributed by atoms with E-state index >= 15 is 0 Å². The third kappa shape index (κ3) is 4.93. The normalized spacial score (nSPS) is 21.6. The predicted molar refractivity (Wildman–Crippen MR) is 78.4 cm³/mol. The minimum atomic E-state index is -0.608. The van der Waals surface area contributed by atoms with Crippen molar-refractivity contribution in [3.05, 3.63) is 0 Å². The zero-order chi connectivity index (χ0) is 13.0. The van der Waals surface area contributed by atoms with Gasteiger partial charge in [-0.2, -0.15) is 0 Å². The molecule has 0 atom stereocenters. The van der Waals surface area contributed by atoms with Crippen LogP contribution in [0.1, 0.15) is 44.9 Å². The van der Waals surface area contributed by atoms with Crippen LogP contribution in [0.15, 0.2) is 0 Å². The first-order valence-corrected chi connectivity index (χ1v) is 7.24. The lowest BCUT2D eigenvalue weighted by atomic mass is 9.81. The van der Waals surface area contributed by atoms with E-state index in [9.17, 15) is 4.79 Å². The molecule has 2 N–H and O–H groups in total. The highest BCUT2D eigenvalue weighted by Gasteiger charge is 2.37. The number of hydrogen-bond donors (Lipinski definition) is 1. The minimum absolute atomic E-state index is 0. The van der Waals surface area contributed by atoms with Crippen LogP contribution in [0, 0.1) is 5.92 Å². The molecule has 2 rings (SSSR count). The summed E-state index contributed by atoms with van der Waals surface area (Å²) in [5.74, 6) is 0.877. The van der Waals surface area contributed by atoms with Gasteiger partial charge in [0.25, 0.3) is 0 Å². The van der Waals surface area contributed by atoms with Gasteiger partial charge in [-0.05, 0) is 31.6 Å². The SMILES string of the molecule is CN(CCOCC1CC1)C(=O)C1(N)CCCCC1.Cl. The molecule has 0 aromatic rings. The van der Waals surface area contributed by atoms with Gasteiger partial charge in [-0.3, -0.25) is 4.79 Å². The molecule has 0 saturated heterocycles. The number of halogens is 1. The van der Waals surface area contributed by atoms with E-state index in [1.807, 2.05) is 7.05 Å². The van der Waals surface area contributed by atoms with Crippen molar-refractivity contribution in [1.29, 1.82) is 0 Å². The fourth-order valence-corrected chi connectivity index (χ4v) is 2.61. The zero-order valence-electron chi connectivity index (χ0n) is 11.9. The molecule has 0 aromatic carbocycles. The van der Waals surface area contributed by atoms with Gasteiger partial charge in [0.1, 0.15) is 0 Å². The number of likely N-dealkylation sites (N-methyl/N-ethyl adjacent to an activating group) is 1. The first-order chi connectivity index (χ1) is 8.62. The minimum Gasteiger partial charge on any atom is -0.379 e. The van der Waals surface area contributed by atoms with Crippen LogP contribution < -0.4 is 5.73 Å². The van der Waals surface area contributed by atoms with Crippen molar-refractivity contribution in [1.82, 2.24) is 4.90 Å². The second-order valence-electron chi connectivity index (χ2n) is 5.96. The van der Waals surface area contributed by atoms with E-state index in [2.05, 4.69) is 0 Å². The van der Waals surface area contributed by atoms with Gasteiger partial charge >= 0.3 is 0 Å². The molecule has 0 aromatic heterocycles. The van der Waals surface area contributed by atoms with E-state index in [1.54, 1.807) is 4.90 Å². The number of nitrogens with two attached hydrogens (primary N) is 1. The maximum Gasteiger partial charge on any atom is 0.242 e. The van der Waals surface area contributed by atoms with Gasteiger partial charge < -0.3 is 15.4 Å². The van der Waals surface area contributed by atoms with E-state index in [-0.39, 0.29) is 18.3 Å².